The maximum atomic E-state index is 10.2. The summed E-state index contributed by atoms with van der Waals surface area (Å²) >= 11 is 6.02. The number of halogens is 1. The molecule has 3 heteroatoms. The summed E-state index contributed by atoms with van der Waals surface area (Å²) in [4.78, 5) is 0. The van der Waals surface area contributed by atoms with E-state index in [1.807, 2.05) is 24.3 Å². The van der Waals surface area contributed by atoms with Crippen LogP contribution in [0.2, 0.25) is 5.02 Å². The minimum atomic E-state index is 0.414. The SMILES string of the molecule is Oc1cc2ccc(Cl)cc2cc1C1CCNCC1. The van der Waals surface area contributed by atoms with Crippen LogP contribution in [-0.2, 0) is 0 Å². The topological polar surface area (TPSA) is 32.3 Å². The molecule has 0 aliphatic carbocycles. The minimum Gasteiger partial charge on any atom is -0.508 e. The fraction of sp³-hybridized carbons (Fsp3) is 0.333. The third-order valence-electron chi connectivity index (χ3n) is 3.73. The van der Waals surface area contributed by atoms with Crippen molar-refractivity contribution in [1.29, 1.82) is 0 Å². The normalized spacial score (nSPS) is 17.2. The molecule has 0 aromatic heterocycles. The molecule has 2 N–H and O–H groups in total. The molecule has 1 aliphatic rings. The fourth-order valence-electron chi connectivity index (χ4n) is 2.73. The van der Waals surface area contributed by atoms with E-state index in [0.717, 1.165) is 47.3 Å². The van der Waals surface area contributed by atoms with Gasteiger partial charge in [-0.3, -0.25) is 0 Å². The van der Waals surface area contributed by atoms with Gasteiger partial charge in [-0.2, -0.15) is 0 Å². The zero-order valence-corrected chi connectivity index (χ0v) is 10.9. The molecule has 1 fully saturated rings. The maximum Gasteiger partial charge on any atom is 0.119 e. The second-order valence-corrected chi connectivity index (χ2v) is 5.36. The van der Waals surface area contributed by atoms with Gasteiger partial charge >= 0.3 is 0 Å². The van der Waals surface area contributed by atoms with Crippen LogP contribution in [0.25, 0.3) is 10.8 Å². The van der Waals surface area contributed by atoms with Crippen LogP contribution in [0.1, 0.15) is 24.3 Å². The number of benzene rings is 2. The number of hydrogen-bond acceptors (Lipinski definition) is 2. The van der Waals surface area contributed by atoms with Crippen LogP contribution in [0.5, 0.6) is 5.75 Å². The van der Waals surface area contributed by atoms with Gasteiger partial charge in [-0.1, -0.05) is 17.7 Å². The van der Waals surface area contributed by atoms with Crippen LogP contribution in [0.3, 0.4) is 0 Å². The Balaban J connectivity index is 2.07. The smallest absolute Gasteiger partial charge is 0.119 e. The van der Waals surface area contributed by atoms with Gasteiger partial charge < -0.3 is 10.4 Å². The van der Waals surface area contributed by atoms with Gasteiger partial charge in [-0.15, -0.1) is 0 Å². The summed E-state index contributed by atoms with van der Waals surface area (Å²) < 4.78 is 0. The van der Waals surface area contributed by atoms with E-state index < -0.39 is 0 Å². The Morgan fingerprint density at radius 3 is 2.61 bits per heavy atom. The number of nitrogens with one attached hydrogen (secondary N) is 1. The first kappa shape index (κ1) is 11.8. The highest BCUT2D eigenvalue weighted by atomic mass is 35.5. The van der Waals surface area contributed by atoms with Crippen molar-refractivity contribution in [2.45, 2.75) is 18.8 Å². The van der Waals surface area contributed by atoms with E-state index in [1.54, 1.807) is 0 Å². The predicted octanol–water partition coefficient (Wildman–Crippen LogP) is 3.67. The Hall–Kier alpha value is -1.25. The fourth-order valence-corrected chi connectivity index (χ4v) is 2.91. The van der Waals surface area contributed by atoms with E-state index in [0.29, 0.717) is 11.7 Å². The largest absolute Gasteiger partial charge is 0.508 e. The predicted molar refractivity (Wildman–Crippen MR) is 75.5 cm³/mol. The average molecular weight is 262 g/mol. The Labute approximate surface area is 112 Å². The van der Waals surface area contributed by atoms with Crippen molar-refractivity contribution < 1.29 is 5.11 Å². The molecule has 2 nitrogen and oxygen atoms in total. The molecule has 0 unspecified atom stereocenters. The molecule has 0 amide bonds. The van der Waals surface area contributed by atoms with Gasteiger partial charge in [0.05, 0.1) is 0 Å². The molecular formula is C15H16ClNO. The Morgan fingerprint density at radius 1 is 1.06 bits per heavy atom. The molecule has 2 aromatic rings. The number of phenols is 1. The number of fused-ring (bicyclic) bond motifs is 1. The molecule has 2 aromatic carbocycles. The summed E-state index contributed by atoms with van der Waals surface area (Å²) in [5.74, 6) is 0.867. The lowest BCUT2D eigenvalue weighted by atomic mass is 9.88. The number of hydrogen-bond donors (Lipinski definition) is 2. The van der Waals surface area contributed by atoms with Crippen LogP contribution in [0, 0.1) is 0 Å². The van der Waals surface area contributed by atoms with Crippen molar-refractivity contribution in [2.75, 3.05) is 13.1 Å². The van der Waals surface area contributed by atoms with E-state index in [9.17, 15) is 5.11 Å². The zero-order chi connectivity index (χ0) is 12.5. The molecule has 18 heavy (non-hydrogen) atoms. The number of phenolic OH excluding ortho intramolecular Hbond substituents is 1. The Kier molecular flexibility index (Phi) is 3.14. The molecule has 0 atom stereocenters. The summed E-state index contributed by atoms with van der Waals surface area (Å²) in [5, 5.41) is 16.4. The molecular weight excluding hydrogens is 246 g/mol. The van der Waals surface area contributed by atoms with Crippen molar-refractivity contribution in [3.63, 3.8) is 0 Å². The summed E-state index contributed by atoms with van der Waals surface area (Å²) in [6, 6.07) is 9.70. The first-order valence-corrected chi connectivity index (χ1v) is 6.75. The lowest BCUT2D eigenvalue weighted by Gasteiger charge is -2.24. The van der Waals surface area contributed by atoms with Crippen LogP contribution in [-0.4, -0.2) is 18.2 Å². The van der Waals surface area contributed by atoms with Crippen molar-refractivity contribution in [1.82, 2.24) is 5.32 Å². The van der Waals surface area contributed by atoms with Crippen molar-refractivity contribution >= 4 is 22.4 Å². The van der Waals surface area contributed by atoms with Gasteiger partial charge in [-0.25, -0.2) is 0 Å². The summed E-state index contributed by atoms with van der Waals surface area (Å²) in [5.41, 5.74) is 1.06. The van der Waals surface area contributed by atoms with Crippen LogP contribution >= 0.6 is 11.6 Å². The number of piperidine rings is 1. The summed E-state index contributed by atoms with van der Waals surface area (Å²) in [6.45, 7) is 2.05. The van der Waals surface area contributed by atoms with E-state index in [2.05, 4.69) is 11.4 Å². The molecule has 94 valence electrons. The highest BCUT2D eigenvalue weighted by Crippen LogP contribution is 2.35. The van der Waals surface area contributed by atoms with E-state index >= 15 is 0 Å². The van der Waals surface area contributed by atoms with Crippen LogP contribution in [0.15, 0.2) is 30.3 Å². The number of aromatic hydroxyl groups is 1. The van der Waals surface area contributed by atoms with Gasteiger partial charge in [-0.05, 0) is 72.5 Å². The van der Waals surface area contributed by atoms with Crippen molar-refractivity contribution in [3.8, 4) is 5.75 Å². The van der Waals surface area contributed by atoms with Gasteiger partial charge in [0.2, 0.25) is 0 Å². The molecule has 1 aliphatic heterocycles. The Morgan fingerprint density at radius 2 is 1.83 bits per heavy atom. The van der Waals surface area contributed by atoms with Crippen LogP contribution < -0.4 is 5.32 Å². The monoisotopic (exact) mass is 261 g/mol. The van der Waals surface area contributed by atoms with E-state index in [-0.39, 0.29) is 0 Å². The van der Waals surface area contributed by atoms with Gasteiger partial charge in [0.15, 0.2) is 0 Å². The molecule has 0 radical (unpaired) electrons. The van der Waals surface area contributed by atoms with Gasteiger partial charge in [0, 0.05) is 5.02 Å². The molecule has 1 heterocycles. The van der Waals surface area contributed by atoms with Gasteiger partial charge in [0.25, 0.3) is 0 Å². The summed E-state index contributed by atoms with van der Waals surface area (Å²) in [6.07, 6.45) is 2.17. The highest BCUT2D eigenvalue weighted by molar-refractivity contribution is 6.31. The Bertz CT molecular complexity index is 576. The molecule has 1 saturated heterocycles. The maximum absolute atomic E-state index is 10.2. The highest BCUT2D eigenvalue weighted by Gasteiger charge is 2.18. The average Bonchev–Trinajstić information content (AvgIpc) is 2.39. The molecule has 0 bridgehead atoms. The molecule has 0 spiro atoms. The minimum absolute atomic E-state index is 0.414. The lowest BCUT2D eigenvalue weighted by Crippen LogP contribution is -2.26. The van der Waals surface area contributed by atoms with E-state index in [1.165, 1.54) is 0 Å². The lowest BCUT2D eigenvalue weighted by molar-refractivity contribution is 0.425. The second-order valence-electron chi connectivity index (χ2n) is 4.93. The quantitative estimate of drug-likeness (QED) is 0.821. The first-order chi connectivity index (χ1) is 8.74. The standard InChI is InChI=1S/C15H16ClNO/c16-13-2-1-11-9-15(18)14(8-12(11)7-13)10-3-5-17-6-4-10/h1-2,7-10,17-18H,3-6H2. The first-order valence-electron chi connectivity index (χ1n) is 6.37. The van der Waals surface area contributed by atoms with Crippen molar-refractivity contribution in [3.05, 3.63) is 40.9 Å². The third-order valence-corrected chi connectivity index (χ3v) is 3.96. The van der Waals surface area contributed by atoms with Crippen molar-refractivity contribution in [2.24, 2.45) is 0 Å². The van der Waals surface area contributed by atoms with Crippen LogP contribution in [0.4, 0.5) is 0 Å². The second kappa shape index (κ2) is 4.79. The van der Waals surface area contributed by atoms with Gasteiger partial charge in [0.1, 0.15) is 5.75 Å². The molecule has 3 rings (SSSR count). The zero-order valence-electron chi connectivity index (χ0n) is 10.1. The van der Waals surface area contributed by atoms with E-state index in [4.69, 9.17) is 11.6 Å². The summed E-state index contributed by atoms with van der Waals surface area (Å²) in [7, 11) is 0. The number of rotatable bonds is 1. The third kappa shape index (κ3) is 2.18. The molecule has 0 saturated carbocycles.